The van der Waals surface area contributed by atoms with Crippen LogP contribution in [0.25, 0.3) is 0 Å². The minimum Gasteiger partial charge on any atom is -0.494 e. The zero-order valence-corrected chi connectivity index (χ0v) is 6.92. The smallest absolute Gasteiger partial charge is 0.124 e. The molecule has 0 saturated carbocycles. The van der Waals surface area contributed by atoms with E-state index in [-0.39, 0.29) is 0 Å². The molecule has 0 saturated heterocycles. The van der Waals surface area contributed by atoms with Gasteiger partial charge < -0.3 is 10.5 Å². The topological polar surface area (TPSA) is 35.2 Å². The molecule has 0 atom stereocenters. The minimum absolute atomic E-state index is 0.685. The maximum atomic E-state index is 5.67. The third-order valence-electron chi connectivity index (χ3n) is 1.63. The van der Waals surface area contributed by atoms with E-state index in [1.54, 1.807) is 0 Å². The molecule has 0 amide bonds. The summed E-state index contributed by atoms with van der Waals surface area (Å²) in [4.78, 5) is 0. The fourth-order valence-corrected chi connectivity index (χ4v) is 0.943. The van der Waals surface area contributed by atoms with Crippen LogP contribution in [0.1, 0.15) is 12.5 Å². The number of rotatable bonds is 2. The Bertz CT molecular complexity index is 245. The van der Waals surface area contributed by atoms with Crippen LogP contribution < -0.4 is 10.5 Å². The lowest BCUT2D eigenvalue weighted by molar-refractivity contribution is 0.338. The number of benzene rings is 1. The summed E-state index contributed by atoms with van der Waals surface area (Å²) in [5.74, 6) is 0.882. The Morgan fingerprint density at radius 1 is 1.45 bits per heavy atom. The van der Waals surface area contributed by atoms with Gasteiger partial charge in [0, 0.05) is 11.3 Å². The second-order valence-corrected chi connectivity index (χ2v) is 2.40. The van der Waals surface area contributed by atoms with Crippen LogP contribution >= 0.6 is 0 Å². The van der Waals surface area contributed by atoms with Crippen LogP contribution in [-0.4, -0.2) is 6.61 Å². The third kappa shape index (κ3) is 1.64. The van der Waals surface area contributed by atoms with Gasteiger partial charge in [-0.15, -0.1) is 0 Å². The minimum atomic E-state index is 0.685. The largest absolute Gasteiger partial charge is 0.494 e. The molecule has 0 spiro atoms. The van der Waals surface area contributed by atoms with E-state index in [0.717, 1.165) is 17.0 Å². The normalized spacial score (nSPS) is 9.64. The highest BCUT2D eigenvalue weighted by atomic mass is 16.5. The molecule has 2 heteroatoms. The Morgan fingerprint density at radius 3 is 2.82 bits per heavy atom. The van der Waals surface area contributed by atoms with E-state index in [9.17, 15) is 0 Å². The molecule has 0 bridgehead atoms. The standard InChI is InChI=1S/C9H13NO/c1-3-11-9-6-4-5-8(10)7(9)2/h4-6H,3,10H2,1-2H3. The van der Waals surface area contributed by atoms with Gasteiger partial charge in [-0.25, -0.2) is 0 Å². The average molecular weight is 151 g/mol. The quantitative estimate of drug-likeness (QED) is 0.656. The Morgan fingerprint density at radius 2 is 2.18 bits per heavy atom. The van der Waals surface area contributed by atoms with Gasteiger partial charge in [-0.3, -0.25) is 0 Å². The molecule has 0 aliphatic carbocycles. The summed E-state index contributed by atoms with van der Waals surface area (Å²) in [6, 6.07) is 5.69. The summed E-state index contributed by atoms with van der Waals surface area (Å²) in [5, 5.41) is 0. The summed E-state index contributed by atoms with van der Waals surface area (Å²) in [5.41, 5.74) is 7.48. The van der Waals surface area contributed by atoms with Gasteiger partial charge in [0.15, 0.2) is 0 Å². The third-order valence-corrected chi connectivity index (χ3v) is 1.63. The number of hydrogen-bond acceptors (Lipinski definition) is 2. The van der Waals surface area contributed by atoms with Crippen LogP contribution in [0, 0.1) is 6.92 Å². The molecule has 0 fully saturated rings. The lowest BCUT2D eigenvalue weighted by Gasteiger charge is -2.07. The fraction of sp³-hybridized carbons (Fsp3) is 0.333. The van der Waals surface area contributed by atoms with Gasteiger partial charge in [0.2, 0.25) is 0 Å². The van der Waals surface area contributed by atoms with E-state index in [2.05, 4.69) is 0 Å². The first-order valence-corrected chi connectivity index (χ1v) is 3.73. The number of hydrogen-bond donors (Lipinski definition) is 1. The highest BCUT2D eigenvalue weighted by molar-refractivity contribution is 5.53. The molecular weight excluding hydrogens is 138 g/mol. The maximum Gasteiger partial charge on any atom is 0.124 e. The predicted octanol–water partition coefficient (Wildman–Crippen LogP) is 1.98. The lowest BCUT2D eigenvalue weighted by Crippen LogP contribution is -1.96. The zero-order valence-electron chi connectivity index (χ0n) is 6.92. The van der Waals surface area contributed by atoms with Gasteiger partial charge in [0.1, 0.15) is 5.75 Å². The molecule has 0 heterocycles. The number of anilines is 1. The number of nitrogen functional groups attached to an aromatic ring is 1. The van der Waals surface area contributed by atoms with Crippen molar-refractivity contribution in [2.75, 3.05) is 12.3 Å². The van der Waals surface area contributed by atoms with E-state index in [4.69, 9.17) is 10.5 Å². The van der Waals surface area contributed by atoms with Crippen molar-refractivity contribution in [1.29, 1.82) is 0 Å². The summed E-state index contributed by atoms with van der Waals surface area (Å²) >= 11 is 0. The Hall–Kier alpha value is -1.18. The van der Waals surface area contributed by atoms with E-state index >= 15 is 0 Å². The van der Waals surface area contributed by atoms with Gasteiger partial charge in [0.05, 0.1) is 6.61 Å². The van der Waals surface area contributed by atoms with Crippen molar-refractivity contribution in [3.05, 3.63) is 23.8 Å². The van der Waals surface area contributed by atoms with Crippen LogP contribution in [0.5, 0.6) is 5.75 Å². The molecule has 0 aliphatic rings. The highest BCUT2D eigenvalue weighted by Gasteiger charge is 1.99. The van der Waals surface area contributed by atoms with Crippen molar-refractivity contribution in [3.63, 3.8) is 0 Å². The molecule has 1 aromatic carbocycles. The second kappa shape index (κ2) is 3.28. The summed E-state index contributed by atoms with van der Waals surface area (Å²) in [6.45, 7) is 4.60. The number of ether oxygens (including phenoxy) is 1. The maximum absolute atomic E-state index is 5.67. The molecule has 2 N–H and O–H groups in total. The average Bonchev–Trinajstić information content (AvgIpc) is 1.99. The van der Waals surface area contributed by atoms with Crippen molar-refractivity contribution in [3.8, 4) is 5.75 Å². The molecule has 0 aromatic heterocycles. The second-order valence-electron chi connectivity index (χ2n) is 2.40. The Balaban J connectivity index is 2.96. The van der Waals surface area contributed by atoms with Crippen LogP contribution in [-0.2, 0) is 0 Å². The van der Waals surface area contributed by atoms with Crippen LogP contribution in [0.15, 0.2) is 18.2 Å². The molecular formula is C9H13NO. The summed E-state index contributed by atoms with van der Waals surface area (Å²) < 4.78 is 5.34. The van der Waals surface area contributed by atoms with Gasteiger partial charge in [-0.2, -0.15) is 0 Å². The molecule has 0 unspecified atom stereocenters. The van der Waals surface area contributed by atoms with Crippen molar-refractivity contribution >= 4 is 5.69 Å². The molecule has 2 nitrogen and oxygen atoms in total. The van der Waals surface area contributed by atoms with E-state index in [0.29, 0.717) is 6.61 Å². The number of nitrogens with two attached hydrogens (primary N) is 1. The van der Waals surface area contributed by atoms with Crippen molar-refractivity contribution in [2.24, 2.45) is 0 Å². The SMILES string of the molecule is CCOc1cccc(N)c1C. The molecule has 1 aromatic rings. The lowest BCUT2D eigenvalue weighted by atomic mass is 10.2. The summed E-state index contributed by atoms with van der Waals surface area (Å²) in [6.07, 6.45) is 0. The zero-order chi connectivity index (χ0) is 8.27. The van der Waals surface area contributed by atoms with E-state index in [1.165, 1.54) is 0 Å². The molecule has 11 heavy (non-hydrogen) atoms. The predicted molar refractivity (Wildman–Crippen MR) is 46.8 cm³/mol. The van der Waals surface area contributed by atoms with Gasteiger partial charge in [-0.05, 0) is 26.0 Å². The van der Waals surface area contributed by atoms with Gasteiger partial charge >= 0.3 is 0 Å². The van der Waals surface area contributed by atoms with Crippen molar-refractivity contribution in [2.45, 2.75) is 13.8 Å². The first-order chi connectivity index (χ1) is 5.25. The molecule has 0 radical (unpaired) electrons. The van der Waals surface area contributed by atoms with Crippen LogP contribution in [0.4, 0.5) is 5.69 Å². The van der Waals surface area contributed by atoms with Crippen molar-refractivity contribution < 1.29 is 4.74 Å². The highest BCUT2D eigenvalue weighted by Crippen LogP contribution is 2.22. The summed E-state index contributed by atoms with van der Waals surface area (Å²) in [7, 11) is 0. The Labute approximate surface area is 67.0 Å². The fourth-order valence-electron chi connectivity index (χ4n) is 0.943. The van der Waals surface area contributed by atoms with E-state index in [1.807, 2.05) is 32.0 Å². The van der Waals surface area contributed by atoms with Crippen molar-refractivity contribution in [1.82, 2.24) is 0 Å². The van der Waals surface area contributed by atoms with Crippen LogP contribution in [0.2, 0.25) is 0 Å². The Kier molecular flexibility index (Phi) is 2.36. The molecule has 60 valence electrons. The first-order valence-electron chi connectivity index (χ1n) is 3.73. The molecule has 0 aliphatic heterocycles. The van der Waals surface area contributed by atoms with E-state index < -0.39 is 0 Å². The van der Waals surface area contributed by atoms with Crippen LogP contribution in [0.3, 0.4) is 0 Å². The first kappa shape index (κ1) is 7.92. The van der Waals surface area contributed by atoms with Gasteiger partial charge in [-0.1, -0.05) is 6.07 Å². The molecule has 1 rings (SSSR count). The monoisotopic (exact) mass is 151 g/mol. The van der Waals surface area contributed by atoms with Gasteiger partial charge in [0.25, 0.3) is 0 Å².